The number of carbonyl (C=O) groups is 1. The lowest BCUT2D eigenvalue weighted by Gasteiger charge is -2.05. The zero-order valence-electron chi connectivity index (χ0n) is 7.69. The Labute approximate surface area is 76.3 Å². The maximum Gasteiger partial charge on any atom is 0.356 e. The first kappa shape index (κ1) is 9.73. The van der Waals surface area contributed by atoms with Gasteiger partial charge in [-0.1, -0.05) is 0 Å². The molecule has 0 aliphatic heterocycles. The Morgan fingerprint density at radius 3 is 3.08 bits per heavy atom. The van der Waals surface area contributed by atoms with Crippen molar-refractivity contribution in [2.45, 2.75) is 13.7 Å². The molecular formula is C8H12N2O3. The summed E-state index contributed by atoms with van der Waals surface area (Å²) >= 11 is 0. The molecule has 72 valence electrons. The monoisotopic (exact) mass is 184 g/mol. The second-order valence-electron chi connectivity index (χ2n) is 2.39. The number of nitrogens with zero attached hydrogens (tertiary/aromatic N) is 2. The van der Waals surface area contributed by atoms with Crippen molar-refractivity contribution in [1.82, 2.24) is 9.55 Å². The molecule has 0 amide bonds. The van der Waals surface area contributed by atoms with Gasteiger partial charge in [0.25, 0.3) is 0 Å². The number of ether oxygens (including phenoxy) is 2. The molecule has 0 radical (unpaired) electrons. The van der Waals surface area contributed by atoms with E-state index in [9.17, 15) is 4.79 Å². The Morgan fingerprint density at radius 1 is 1.69 bits per heavy atom. The molecule has 1 aromatic heterocycles. The van der Waals surface area contributed by atoms with Crippen LogP contribution in [0, 0.1) is 0 Å². The van der Waals surface area contributed by atoms with Gasteiger partial charge in [-0.05, 0) is 6.92 Å². The summed E-state index contributed by atoms with van der Waals surface area (Å²) < 4.78 is 11.3. The Balaban J connectivity index is 2.74. The first-order chi connectivity index (χ1) is 6.29. The van der Waals surface area contributed by atoms with Gasteiger partial charge in [-0.3, -0.25) is 0 Å². The average molecular weight is 184 g/mol. The largest absolute Gasteiger partial charge is 0.461 e. The molecule has 1 aromatic rings. The fourth-order valence-electron chi connectivity index (χ4n) is 0.938. The number of hydrogen-bond donors (Lipinski definition) is 0. The first-order valence-electron chi connectivity index (χ1n) is 3.95. The van der Waals surface area contributed by atoms with Crippen molar-refractivity contribution in [3.05, 3.63) is 18.2 Å². The molecule has 0 atom stereocenters. The van der Waals surface area contributed by atoms with E-state index in [0.717, 1.165) is 0 Å². The van der Waals surface area contributed by atoms with Crippen LogP contribution in [0.2, 0.25) is 0 Å². The SMILES string of the molecule is CCOC(=O)c1cncn1COC. The van der Waals surface area contributed by atoms with Crippen LogP contribution in [0.5, 0.6) is 0 Å². The van der Waals surface area contributed by atoms with Gasteiger partial charge in [0.15, 0.2) is 0 Å². The van der Waals surface area contributed by atoms with Crippen molar-refractivity contribution < 1.29 is 14.3 Å². The first-order valence-corrected chi connectivity index (χ1v) is 3.95. The molecule has 0 N–H and O–H groups in total. The minimum absolute atomic E-state index is 0.300. The molecule has 0 unspecified atom stereocenters. The van der Waals surface area contributed by atoms with Crippen LogP contribution in [-0.2, 0) is 16.2 Å². The van der Waals surface area contributed by atoms with E-state index < -0.39 is 0 Å². The van der Waals surface area contributed by atoms with Gasteiger partial charge < -0.3 is 14.0 Å². The van der Waals surface area contributed by atoms with Crippen molar-refractivity contribution in [2.75, 3.05) is 13.7 Å². The van der Waals surface area contributed by atoms with Crippen LogP contribution in [0.1, 0.15) is 17.4 Å². The topological polar surface area (TPSA) is 53.3 Å². The lowest BCUT2D eigenvalue weighted by atomic mass is 10.5. The zero-order chi connectivity index (χ0) is 9.68. The maximum atomic E-state index is 11.3. The van der Waals surface area contributed by atoms with Gasteiger partial charge in [-0.15, -0.1) is 0 Å². The lowest BCUT2D eigenvalue weighted by molar-refractivity contribution is 0.0494. The molecule has 0 aromatic carbocycles. The van der Waals surface area contributed by atoms with Crippen LogP contribution in [0.3, 0.4) is 0 Å². The quantitative estimate of drug-likeness (QED) is 0.645. The molecule has 5 nitrogen and oxygen atoms in total. The zero-order valence-corrected chi connectivity index (χ0v) is 7.69. The van der Waals surface area contributed by atoms with E-state index in [1.54, 1.807) is 18.6 Å². The van der Waals surface area contributed by atoms with Crippen LogP contribution in [-0.4, -0.2) is 29.2 Å². The summed E-state index contributed by atoms with van der Waals surface area (Å²) in [6.45, 7) is 2.42. The second-order valence-corrected chi connectivity index (χ2v) is 2.39. The maximum absolute atomic E-state index is 11.3. The number of rotatable bonds is 4. The number of aromatic nitrogens is 2. The second kappa shape index (κ2) is 4.61. The van der Waals surface area contributed by atoms with Crippen LogP contribution < -0.4 is 0 Å². The van der Waals surface area contributed by atoms with Crippen molar-refractivity contribution in [3.63, 3.8) is 0 Å². The normalized spacial score (nSPS) is 10.0. The molecule has 1 heterocycles. The summed E-state index contributed by atoms with van der Waals surface area (Å²) in [4.78, 5) is 15.1. The van der Waals surface area contributed by atoms with Gasteiger partial charge >= 0.3 is 5.97 Å². The summed E-state index contributed by atoms with van der Waals surface area (Å²) in [5.41, 5.74) is 0.406. The van der Waals surface area contributed by atoms with E-state index in [2.05, 4.69) is 4.98 Å². The molecular weight excluding hydrogens is 172 g/mol. The molecule has 13 heavy (non-hydrogen) atoms. The molecule has 0 aliphatic rings. The summed E-state index contributed by atoms with van der Waals surface area (Å²) in [5, 5.41) is 0. The minimum Gasteiger partial charge on any atom is -0.461 e. The van der Waals surface area contributed by atoms with E-state index in [4.69, 9.17) is 9.47 Å². The van der Waals surface area contributed by atoms with Crippen molar-refractivity contribution in [2.24, 2.45) is 0 Å². The van der Waals surface area contributed by atoms with Crippen molar-refractivity contribution in [1.29, 1.82) is 0 Å². The van der Waals surface area contributed by atoms with Crippen LogP contribution in [0.25, 0.3) is 0 Å². The molecule has 1 rings (SSSR count). The fraction of sp³-hybridized carbons (Fsp3) is 0.500. The summed E-state index contributed by atoms with van der Waals surface area (Å²) in [5.74, 6) is -0.378. The van der Waals surface area contributed by atoms with Gasteiger partial charge in [-0.25, -0.2) is 9.78 Å². The number of imidazole rings is 1. The summed E-state index contributed by atoms with van der Waals surface area (Å²) in [6, 6.07) is 0. The molecule has 0 saturated carbocycles. The van der Waals surface area contributed by atoms with Crippen LogP contribution >= 0.6 is 0 Å². The fourth-order valence-corrected chi connectivity index (χ4v) is 0.938. The third kappa shape index (κ3) is 2.29. The molecule has 5 heteroatoms. The number of carbonyl (C=O) groups excluding carboxylic acids is 1. The van der Waals surface area contributed by atoms with Gasteiger partial charge in [0.1, 0.15) is 12.4 Å². The highest BCUT2D eigenvalue weighted by molar-refractivity contribution is 5.87. The smallest absolute Gasteiger partial charge is 0.356 e. The highest BCUT2D eigenvalue weighted by atomic mass is 16.5. The Kier molecular flexibility index (Phi) is 3.45. The average Bonchev–Trinajstić information content (AvgIpc) is 2.54. The number of methoxy groups -OCH3 is 1. The number of hydrogen-bond acceptors (Lipinski definition) is 4. The summed E-state index contributed by atoms with van der Waals surface area (Å²) in [7, 11) is 1.55. The van der Waals surface area contributed by atoms with Crippen LogP contribution in [0.15, 0.2) is 12.5 Å². The molecule has 0 aliphatic carbocycles. The highest BCUT2D eigenvalue weighted by Gasteiger charge is 2.11. The summed E-state index contributed by atoms with van der Waals surface area (Å²) in [6.07, 6.45) is 2.98. The van der Waals surface area contributed by atoms with E-state index in [1.807, 2.05) is 0 Å². The Bertz CT molecular complexity index is 283. The minimum atomic E-state index is -0.378. The lowest BCUT2D eigenvalue weighted by Crippen LogP contribution is -2.12. The van der Waals surface area contributed by atoms with Gasteiger partial charge in [0.05, 0.1) is 19.1 Å². The molecule has 0 saturated heterocycles. The molecule has 0 bridgehead atoms. The predicted octanol–water partition coefficient (Wildman–Crippen LogP) is 0.664. The third-order valence-electron chi connectivity index (χ3n) is 1.47. The van der Waals surface area contributed by atoms with E-state index in [1.165, 1.54) is 12.5 Å². The van der Waals surface area contributed by atoms with Gasteiger partial charge in [-0.2, -0.15) is 0 Å². The van der Waals surface area contributed by atoms with E-state index in [-0.39, 0.29) is 5.97 Å². The highest BCUT2D eigenvalue weighted by Crippen LogP contribution is 2.01. The van der Waals surface area contributed by atoms with Gasteiger partial charge in [0.2, 0.25) is 0 Å². The van der Waals surface area contributed by atoms with E-state index >= 15 is 0 Å². The van der Waals surface area contributed by atoms with E-state index in [0.29, 0.717) is 19.0 Å². The predicted molar refractivity (Wildman–Crippen MR) is 45.2 cm³/mol. The molecule has 0 fully saturated rings. The Morgan fingerprint density at radius 2 is 2.46 bits per heavy atom. The van der Waals surface area contributed by atoms with Crippen molar-refractivity contribution in [3.8, 4) is 0 Å². The van der Waals surface area contributed by atoms with Gasteiger partial charge in [0, 0.05) is 7.11 Å². The number of esters is 1. The third-order valence-corrected chi connectivity index (χ3v) is 1.47. The Hall–Kier alpha value is -1.36. The standard InChI is InChI=1S/C8H12N2O3/c1-3-13-8(11)7-4-9-5-10(7)6-12-2/h4-5H,3,6H2,1-2H3. The van der Waals surface area contributed by atoms with Crippen molar-refractivity contribution >= 4 is 5.97 Å². The van der Waals surface area contributed by atoms with Crippen LogP contribution in [0.4, 0.5) is 0 Å². The molecule has 0 spiro atoms.